The molecule has 2 N–H and O–H groups in total. The van der Waals surface area contributed by atoms with Gasteiger partial charge in [-0.15, -0.1) is 0 Å². The van der Waals surface area contributed by atoms with Crippen molar-refractivity contribution in [2.75, 3.05) is 11.4 Å². The molecule has 1 unspecified atom stereocenters. The molecule has 2 heterocycles. The molecule has 0 saturated carbocycles. The molecule has 0 aromatic heterocycles. The Balaban J connectivity index is 1.38. The van der Waals surface area contributed by atoms with Crippen LogP contribution in [0.25, 0.3) is 0 Å². The summed E-state index contributed by atoms with van der Waals surface area (Å²) < 4.78 is 0. The van der Waals surface area contributed by atoms with E-state index in [2.05, 4.69) is 22.8 Å². The summed E-state index contributed by atoms with van der Waals surface area (Å²) in [6.07, 6.45) is 0.213. The normalized spacial score (nSPS) is 18.9. The van der Waals surface area contributed by atoms with E-state index >= 15 is 0 Å². The number of nitrogens with zero attached hydrogens (tertiary/aromatic N) is 1. The van der Waals surface area contributed by atoms with Gasteiger partial charge in [0, 0.05) is 32.6 Å². The lowest BCUT2D eigenvalue weighted by molar-refractivity contribution is -0.126. The molecule has 2 aliphatic heterocycles. The van der Waals surface area contributed by atoms with E-state index in [0.717, 1.165) is 18.7 Å². The quantitative estimate of drug-likeness (QED) is 0.870. The van der Waals surface area contributed by atoms with Crippen LogP contribution in [0, 0.1) is 5.92 Å². The van der Waals surface area contributed by atoms with Gasteiger partial charge in [0.25, 0.3) is 0 Å². The fourth-order valence-corrected chi connectivity index (χ4v) is 3.82. The zero-order chi connectivity index (χ0) is 18.1. The summed E-state index contributed by atoms with van der Waals surface area (Å²) in [5.74, 6) is -0.511. The first-order valence-electron chi connectivity index (χ1n) is 8.76. The van der Waals surface area contributed by atoms with Crippen LogP contribution in [-0.2, 0) is 29.2 Å². The molecule has 5 nitrogen and oxygen atoms in total. The van der Waals surface area contributed by atoms with Crippen molar-refractivity contribution < 1.29 is 9.59 Å². The van der Waals surface area contributed by atoms with Crippen molar-refractivity contribution in [3.8, 4) is 0 Å². The van der Waals surface area contributed by atoms with Gasteiger partial charge in [-0.25, -0.2) is 0 Å². The molecular formula is C20H20ClN3O2. The Kier molecular flexibility index (Phi) is 4.66. The van der Waals surface area contributed by atoms with Crippen LogP contribution in [-0.4, -0.2) is 18.4 Å². The van der Waals surface area contributed by atoms with Gasteiger partial charge >= 0.3 is 0 Å². The molecule has 6 heteroatoms. The predicted octanol–water partition coefficient (Wildman–Crippen LogP) is 2.61. The number of carbonyl (C=O) groups excluding carboxylic acids is 2. The van der Waals surface area contributed by atoms with Crippen molar-refractivity contribution in [1.82, 2.24) is 10.6 Å². The van der Waals surface area contributed by atoms with Gasteiger partial charge in [-0.2, -0.15) is 0 Å². The Labute approximate surface area is 157 Å². The zero-order valence-electron chi connectivity index (χ0n) is 14.3. The number of benzene rings is 2. The maximum Gasteiger partial charge on any atom is 0.227 e. The number of amides is 2. The Morgan fingerprint density at radius 3 is 2.85 bits per heavy atom. The van der Waals surface area contributed by atoms with Crippen LogP contribution in [0.15, 0.2) is 42.5 Å². The number of hydrogen-bond acceptors (Lipinski definition) is 3. The average Bonchev–Trinajstić information content (AvgIpc) is 3.26. The maximum absolute atomic E-state index is 12.5. The highest BCUT2D eigenvalue weighted by molar-refractivity contribution is 6.33. The fourth-order valence-electron chi connectivity index (χ4n) is 3.58. The molecule has 0 spiro atoms. The number of hydrogen-bond donors (Lipinski definition) is 2. The minimum Gasteiger partial charge on any atom is -0.352 e. The SMILES string of the molecule is O=C(NCc1ccc2c(c1)CNC2)C1CC(=O)N(c2ccccc2Cl)C1. The van der Waals surface area contributed by atoms with Gasteiger partial charge in [0.05, 0.1) is 16.6 Å². The Hall–Kier alpha value is -2.37. The summed E-state index contributed by atoms with van der Waals surface area (Å²) in [6, 6.07) is 13.5. The highest BCUT2D eigenvalue weighted by Crippen LogP contribution is 2.31. The summed E-state index contributed by atoms with van der Waals surface area (Å²) in [5.41, 5.74) is 4.35. The molecule has 4 rings (SSSR count). The molecular weight excluding hydrogens is 350 g/mol. The number of halogens is 1. The molecule has 2 amide bonds. The van der Waals surface area contributed by atoms with Crippen LogP contribution in [0.2, 0.25) is 5.02 Å². The third-order valence-electron chi connectivity index (χ3n) is 5.01. The summed E-state index contributed by atoms with van der Waals surface area (Å²) in [6.45, 7) is 2.62. The highest BCUT2D eigenvalue weighted by Gasteiger charge is 2.35. The van der Waals surface area contributed by atoms with Crippen LogP contribution in [0.1, 0.15) is 23.1 Å². The smallest absolute Gasteiger partial charge is 0.227 e. The molecule has 2 aliphatic rings. The molecule has 1 atom stereocenters. The lowest BCUT2D eigenvalue weighted by Crippen LogP contribution is -2.32. The van der Waals surface area contributed by atoms with Crippen LogP contribution < -0.4 is 15.5 Å². The minimum atomic E-state index is -0.352. The fraction of sp³-hybridized carbons (Fsp3) is 0.300. The highest BCUT2D eigenvalue weighted by atomic mass is 35.5. The van der Waals surface area contributed by atoms with Crippen molar-refractivity contribution in [3.05, 3.63) is 64.2 Å². The third kappa shape index (κ3) is 3.32. The van der Waals surface area contributed by atoms with Crippen molar-refractivity contribution in [1.29, 1.82) is 0 Å². The summed E-state index contributed by atoms with van der Waals surface area (Å²) in [4.78, 5) is 26.5. The Morgan fingerprint density at radius 1 is 1.19 bits per heavy atom. The van der Waals surface area contributed by atoms with E-state index in [1.54, 1.807) is 17.0 Å². The lowest BCUT2D eigenvalue weighted by Gasteiger charge is -2.18. The number of anilines is 1. The topological polar surface area (TPSA) is 61.4 Å². The van der Waals surface area contributed by atoms with E-state index in [4.69, 9.17) is 11.6 Å². The number of carbonyl (C=O) groups is 2. The second-order valence-corrected chi connectivity index (χ2v) is 7.19. The largest absolute Gasteiger partial charge is 0.352 e. The van der Waals surface area contributed by atoms with Crippen LogP contribution >= 0.6 is 11.6 Å². The zero-order valence-corrected chi connectivity index (χ0v) is 15.1. The summed E-state index contributed by atoms with van der Waals surface area (Å²) in [5, 5.41) is 6.80. The molecule has 134 valence electrons. The summed E-state index contributed by atoms with van der Waals surface area (Å²) >= 11 is 6.18. The van der Waals surface area contributed by atoms with E-state index in [0.29, 0.717) is 23.8 Å². The molecule has 1 saturated heterocycles. The van der Waals surface area contributed by atoms with Crippen LogP contribution in [0.5, 0.6) is 0 Å². The second-order valence-electron chi connectivity index (χ2n) is 6.78. The van der Waals surface area contributed by atoms with E-state index < -0.39 is 0 Å². The Bertz CT molecular complexity index is 868. The van der Waals surface area contributed by atoms with Gasteiger partial charge < -0.3 is 15.5 Å². The van der Waals surface area contributed by atoms with Crippen molar-refractivity contribution in [2.45, 2.75) is 26.1 Å². The molecule has 1 fully saturated rings. The van der Waals surface area contributed by atoms with Crippen LogP contribution in [0.3, 0.4) is 0 Å². The number of para-hydroxylation sites is 1. The first-order valence-corrected chi connectivity index (χ1v) is 9.13. The molecule has 2 aromatic carbocycles. The van der Waals surface area contributed by atoms with Gasteiger partial charge in [-0.1, -0.05) is 41.9 Å². The monoisotopic (exact) mass is 369 g/mol. The number of rotatable bonds is 4. The van der Waals surface area contributed by atoms with Gasteiger partial charge in [-0.3, -0.25) is 9.59 Å². The average molecular weight is 370 g/mol. The Morgan fingerprint density at radius 2 is 2.00 bits per heavy atom. The van der Waals surface area contributed by atoms with Gasteiger partial charge in [0.1, 0.15) is 0 Å². The first-order chi connectivity index (χ1) is 12.6. The van der Waals surface area contributed by atoms with Crippen LogP contribution in [0.4, 0.5) is 5.69 Å². The summed E-state index contributed by atoms with van der Waals surface area (Å²) in [7, 11) is 0. The van der Waals surface area contributed by atoms with Gasteiger partial charge in [0.15, 0.2) is 0 Å². The van der Waals surface area contributed by atoms with Gasteiger partial charge in [0.2, 0.25) is 11.8 Å². The molecule has 0 bridgehead atoms. The van der Waals surface area contributed by atoms with Crippen molar-refractivity contribution >= 4 is 29.1 Å². The van der Waals surface area contributed by atoms with E-state index in [1.807, 2.05) is 18.2 Å². The van der Waals surface area contributed by atoms with Gasteiger partial charge in [-0.05, 0) is 28.8 Å². The number of nitrogens with one attached hydrogen (secondary N) is 2. The lowest BCUT2D eigenvalue weighted by atomic mass is 10.1. The third-order valence-corrected chi connectivity index (χ3v) is 5.33. The molecule has 26 heavy (non-hydrogen) atoms. The van der Waals surface area contributed by atoms with E-state index in [1.165, 1.54) is 11.1 Å². The predicted molar refractivity (Wildman–Crippen MR) is 101 cm³/mol. The first kappa shape index (κ1) is 17.1. The molecule has 0 aliphatic carbocycles. The van der Waals surface area contributed by atoms with Crippen molar-refractivity contribution in [2.24, 2.45) is 5.92 Å². The van der Waals surface area contributed by atoms with Crippen molar-refractivity contribution in [3.63, 3.8) is 0 Å². The van der Waals surface area contributed by atoms with E-state index in [-0.39, 0.29) is 24.2 Å². The molecule has 2 aromatic rings. The standard InChI is InChI=1S/C20H20ClN3O2/c21-17-3-1-2-4-18(17)24-12-16(8-19(24)25)20(26)23-9-13-5-6-14-10-22-11-15(14)7-13/h1-7,16,22H,8-12H2,(H,23,26). The second kappa shape index (κ2) is 7.09. The van der Waals surface area contributed by atoms with E-state index in [9.17, 15) is 9.59 Å². The minimum absolute atomic E-state index is 0.0677. The number of fused-ring (bicyclic) bond motifs is 1. The molecule has 0 radical (unpaired) electrons. The maximum atomic E-state index is 12.5.